The monoisotopic (exact) mass is 193 g/mol. The van der Waals surface area contributed by atoms with Gasteiger partial charge in [0.25, 0.3) is 0 Å². The Hall–Kier alpha value is -1.25. The molecule has 0 aromatic carbocycles. The van der Waals surface area contributed by atoms with E-state index in [0.29, 0.717) is 6.04 Å². The average molecular weight is 193 g/mol. The molecule has 1 heterocycles. The van der Waals surface area contributed by atoms with Gasteiger partial charge in [0.1, 0.15) is 5.82 Å². The van der Waals surface area contributed by atoms with E-state index in [1.807, 2.05) is 27.0 Å². The summed E-state index contributed by atoms with van der Waals surface area (Å²) in [4.78, 5) is 7.24. The number of aryl methyl sites for hydroxylation is 1. The minimum Gasteiger partial charge on any atom is -0.381 e. The highest BCUT2D eigenvalue weighted by atomic mass is 15.0. The van der Waals surface area contributed by atoms with Crippen LogP contribution in [-0.4, -0.2) is 16.0 Å². The van der Waals surface area contributed by atoms with Crippen molar-refractivity contribution in [1.82, 2.24) is 15.3 Å². The van der Waals surface area contributed by atoms with Crippen molar-refractivity contribution in [2.75, 3.05) is 0 Å². The summed E-state index contributed by atoms with van der Waals surface area (Å²) in [5.41, 5.74) is 1.96. The van der Waals surface area contributed by atoms with Gasteiger partial charge in [0, 0.05) is 6.04 Å². The highest BCUT2D eigenvalue weighted by Crippen LogP contribution is 2.22. The number of nitrogens with one attached hydrogen (secondary N) is 2. The largest absolute Gasteiger partial charge is 0.381 e. The van der Waals surface area contributed by atoms with Gasteiger partial charge in [-0.1, -0.05) is 20.4 Å². The summed E-state index contributed by atoms with van der Waals surface area (Å²) in [5, 5.41) is 3.32. The third kappa shape index (κ3) is 2.91. The number of nitrogens with zero attached hydrogens (tertiary/aromatic N) is 1. The van der Waals surface area contributed by atoms with Gasteiger partial charge in [0.2, 0.25) is 0 Å². The molecule has 2 N–H and O–H groups in total. The summed E-state index contributed by atoms with van der Waals surface area (Å²) in [6.45, 7) is 9.87. The second-order valence-electron chi connectivity index (χ2n) is 3.28. The number of H-pyrrole nitrogens is 1. The lowest BCUT2D eigenvalue weighted by Gasteiger charge is -2.04. The minimum atomic E-state index is 0.654. The van der Waals surface area contributed by atoms with Gasteiger partial charge >= 0.3 is 0 Å². The van der Waals surface area contributed by atoms with Crippen molar-refractivity contribution >= 4 is 5.70 Å². The van der Waals surface area contributed by atoms with Crippen molar-refractivity contribution in [2.45, 2.75) is 39.7 Å². The van der Waals surface area contributed by atoms with Crippen molar-refractivity contribution in [3.63, 3.8) is 0 Å². The van der Waals surface area contributed by atoms with Crippen LogP contribution in [0, 0.1) is 6.92 Å². The third-order valence-corrected chi connectivity index (χ3v) is 1.98. The Labute approximate surface area is 85.6 Å². The lowest BCUT2D eigenvalue weighted by molar-refractivity contribution is 0.879. The highest BCUT2D eigenvalue weighted by Gasteiger charge is 2.21. The quantitative estimate of drug-likeness (QED) is 0.774. The van der Waals surface area contributed by atoms with E-state index >= 15 is 0 Å². The van der Waals surface area contributed by atoms with Gasteiger partial charge in [-0.05, 0) is 19.8 Å². The predicted molar refractivity (Wildman–Crippen MR) is 59.9 cm³/mol. The van der Waals surface area contributed by atoms with Crippen LogP contribution >= 0.6 is 0 Å². The van der Waals surface area contributed by atoms with Crippen molar-refractivity contribution in [3.8, 4) is 0 Å². The van der Waals surface area contributed by atoms with Crippen molar-refractivity contribution < 1.29 is 0 Å². The molecular weight excluding hydrogens is 174 g/mol. The molecule has 0 radical (unpaired) electrons. The molecule has 1 saturated carbocycles. The Bertz CT molecular complexity index is 297. The molecule has 0 aliphatic heterocycles. The molecule has 78 valence electrons. The topological polar surface area (TPSA) is 40.7 Å². The number of aromatic amines is 1. The number of imidazole rings is 1. The van der Waals surface area contributed by atoms with Gasteiger partial charge in [-0.25, -0.2) is 4.98 Å². The van der Waals surface area contributed by atoms with E-state index in [2.05, 4.69) is 21.9 Å². The summed E-state index contributed by atoms with van der Waals surface area (Å²) in [5.74, 6) is 0.934. The smallest absolute Gasteiger partial charge is 0.103 e. The van der Waals surface area contributed by atoms with E-state index in [9.17, 15) is 0 Å². The number of rotatable bonds is 3. The van der Waals surface area contributed by atoms with Crippen molar-refractivity contribution in [2.24, 2.45) is 0 Å². The molecule has 1 aliphatic rings. The third-order valence-electron chi connectivity index (χ3n) is 1.98. The molecule has 0 saturated heterocycles. The highest BCUT2D eigenvalue weighted by molar-refractivity contribution is 5.58. The van der Waals surface area contributed by atoms with Crippen LogP contribution in [0.2, 0.25) is 0 Å². The second kappa shape index (κ2) is 4.84. The maximum absolute atomic E-state index is 4.11. The number of aromatic nitrogens is 2. The Kier molecular flexibility index (Phi) is 3.74. The Morgan fingerprint density at radius 3 is 2.64 bits per heavy atom. The molecule has 3 heteroatoms. The van der Waals surface area contributed by atoms with E-state index in [0.717, 1.165) is 17.2 Å². The van der Waals surface area contributed by atoms with Gasteiger partial charge in [-0.3, -0.25) is 0 Å². The first-order valence-corrected chi connectivity index (χ1v) is 5.23. The summed E-state index contributed by atoms with van der Waals surface area (Å²) < 4.78 is 0. The maximum atomic E-state index is 4.11. The Morgan fingerprint density at radius 1 is 1.57 bits per heavy atom. The van der Waals surface area contributed by atoms with Gasteiger partial charge in [-0.2, -0.15) is 0 Å². The lowest BCUT2D eigenvalue weighted by atomic mass is 10.3. The average Bonchev–Trinajstić information content (AvgIpc) is 2.89. The van der Waals surface area contributed by atoms with Gasteiger partial charge in [-0.15, -0.1) is 0 Å². The fourth-order valence-corrected chi connectivity index (χ4v) is 1.13. The first-order chi connectivity index (χ1) is 6.75. The number of hydrogen-bond donors (Lipinski definition) is 2. The van der Waals surface area contributed by atoms with Gasteiger partial charge in [0.05, 0.1) is 17.6 Å². The zero-order chi connectivity index (χ0) is 10.6. The van der Waals surface area contributed by atoms with Crippen LogP contribution < -0.4 is 5.32 Å². The van der Waals surface area contributed by atoms with Gasteiger partial charge < -0.3 is 10.3 Å². The number of hydrogen-bond acceptors (Lipinski definition) is 2. The van der Waals surface area contributed by atoms with Crippen LogP contribution in [0.3, 0.4) is 0 Å². The molecule has 14 heavy (non-hydrogen) atoms. The first-order valence-electron chi connectivity index (χ1n) is 5.23. The fourth-order valence-electron chi connectivity index (χ4n) is 1.13. The van der Waals surface area contributed by atoms with E-state index in [-0.39, 0.29) is 0 Å². The van der Waals surface area contributed by atoms with Crippen LogP contribution in [0.25, 0.3) is 5.70 Å². The zero-order valence-corrected chi connectivity index (χ0v) is 9.22. The van der Waals surface area contributed by atoms with Crippen molar-refractivity contribution in [3.05, 3.63) is 24.3 Å². The minimum absolute atomic E-state index is 0.654. The molecule has 0 amide bonds. The molecule has 0 spiro atoms. The van der Waals surface area contributed by atoms with E-state index in [4.69, 9.17) is 0 Å². The molecule has 0 unspecified atom stereocenters. The summed E-state index contributed by atoms with van der Waals surface area (Å²) in [6, 6.07) is 0.654. The molecular formula is C11H19N3. The zero-order valence-electron chi connectivity index (χ0n) is 9.22. The summed E-state index contributed by atoms with van der Waals surface area (Å²) in [6.07, 6.45) is 4.35. The van der Waals surface area contributed by atoms with Crippen LogP contribution in [0.1, 0.15) is 38.2 Å². The standard InChI is InChI=1S/C9H13N3.C2H6/c1-6(11-8-3-4-8)9-5-10-7(2)12-9;1-2/h5,8,11H,1,3-4H2,2H3,(H,10,12);1-2H3. The molecule has 0 bridgehead atoms. The second-order valence-corrected chi connectivity index (χ2v) is 3.28. The van der Waals surface area contributed by atoms with Crippen LogP contribution in [0.4, 0.5) is 0 Å². The fraction of sp³-hybridized carbons (Fsp3) is 0.545. The normalized spacial score (nSPS) is 14.2. The molecule has 1 aromatic heterocycles. The van der Waals surface area contributed by atoms with Crippen LogP contribution in [0.15, 0.2) is 12.8 Å². The van der Waals surface area contributed by atoms with E-state index in [1.165, 1.54) is 12.8 Å². The van der Waals surface area contributed by atoms with E-state index < -0.39 is 0 Å². The Balaban J connectivity index is 0.000000461. The molecule has 2 rings (SSSR count). The summed E-state index contributed by atoms with van der Waals surface area (Å²) >= 11 is 0. The van der Waals surface area contributed by atoms with E-state index in [1.54, 1.807) is 0 Å². The summed E-state index contributed by atoms with van der Waals surface area (Å²) in [7, 11) is 0. The SMILES string of the molecule is C=C(NC1CC1)c1cnc(C)[nH]1.CC. The lowest BCUT2D eigenvalue weighted by Crippen LogP contribution is -2.13. The molecule has 1 aromatic rings. The predicted octanol–water partition coefficient (Wildman–Crippen LogP) is 2.47. The molecule has 1 fully saturated rings. The van der Waals surface area contributed by atoms with Crippen molar-refractivity contribution in [1.29, 1.82) is 0 Å². The van der Waals surface area contributed by atoms with Gasteiger partial charge in [0.15, 0.2) is 0 Å². The Morgan fingerprint density at radius 2 is 2.21 bits per heavy atom. The van der Waals surface area contributed by atoms with Crippen LogP contribution in [-0.2, 0) is 0 Å². The maximum Gasteiger partial charge on any atom is 0.103 e. The van der Waals surface area contributed by atoms with Crippen LogP contribution in [0.5, 0.6) is 0 Å². The first kappa shape index (κ1) is 10.8. The molecule has 0 atom stereocenters. The molecule has 3 nitrogen and oxygen atoms in total. The molecule has 1 aliphatic carbocycles.